The van der Waals surface area contributed by atoms with Crippen LogP contribution < -0.4 is 15.0 Å². The number of methoxy groups -OCH3 is 1. The van der Waals surface area contributed by atoms with Gasteiger partial charge in [-0.1, -0.05) is 37.3 Å². The van der Waals surface area contributed by atoms with E-state index in [0.717, 1.165) is 24.3 Å². The summed E-state index contributed by atoms with van der Waals surface area (Å²) >= 11 is 0. The van der Waals surface area contributed by atoms with Crippen LogP contribution in [0.15, 0.2) is 54.6 Å². The second-order valence-electron chi connectivity index (χ2n) is 8.96. The molecule has 1 saturated heterocycles. The van der Waals surface area contributed by atoms with E-state index in [2.05, 4.69) is 80.8 Å². The molecule has 152 valence electrons. The molecule has 2 aromatic carbocycles. The SMILES string of the molecule is COc1ccc(C[NH2+]CCC2(Cc3ccccc3)CC(C)[NH+](C)CC2C)cc1. The van der Waals surface area contributed by atoms with Crippen LogP contribution in [0.5, 0.6) is 5.75 Å². The van der Waals surface area contributed by atoms with Gasteiger partial charge in [-0.3, -0.25) is 0 Å². The summed E-state index contributed by atoms with van der Waals surface area (Å²) < 4.78 is 5.26. The van der Waals surface area contributed by atoms with Crippen LogP contribution in [0, 0.1) is 11.3 Å². The largest absolute Gasteiger partial charge is 0.497 e. The van der Waals surface area contributed by atoms with Crippen molar-refractivity contribution >= 4 is 0 Å². The number of nitrogens with one attached hydrogen (secondary N) is 1. The highest BCUT2D eigenvalue weighted by molar-refractivity contribution is 5.26. The molecule has 1 fully saturated rings. The van der Waals surface area contributed by atoms with Crippen LogP contribution in [0.1, 0.15) is 37.8 Å². The quantitative estimate of drug-likeness (QED) is 0.675. The summed E-state index contributed by atoms with van der Waals surface area (Å²) in [5.41, 5.74) is 3.28. The third kappa shape index (κ3) is 5.15. The number of benzene rings is 2. The smallest absolute Gasteiger partial charge is 0.118 e. The zero-order valence-corrected chi connectivity index (χ0v) is 18.1. The van der Waals surface area contributed by atoms with Gasteiger partial charge in [-0.15, -0.1) is 0 Å². The summed E-state index contributed by atoms with van der Waals surface area (Å²) in [5.74, 6) is 1.68. The van der Waals surface area contributed by atoms with Crippen molar-refractivity contribution in [3.63, 3.8) is 0 Å². The van der Waals surface area contributed by atoms with Crippen LogP contribution in [0.2, 0.25) is 0 Å². The number of quaternary nitrogens is 2. The molecule has 0 bridgehead atoms. The molecular formula is C25H38N2O+2. The van der Waals surface area contributed by atoms with E-state index >= 15 is 0 Å². The van der Waals surface area contributed by atoms with Crippen molar-refractivity contribution in [2.75, 3.05) is 27.2 Å². The number of rotatable bonds is 8. The van der Waals surface area contributed by atoms with Crippen LogP contribution in [0.4, 0.5) is 0 Å². The van der Waals surface area contributed by atoms with E-state index in [1.165, 1.54) is 43.5 Å². The fraction of sp³-hybridized carbons (Fsp3) is 0.520. The number of likely N-dealkylation sites (tertiary alicyclic amines) is 1. The molecular weight excluding hydrogens is 344 g/mol. The van der Waals surface area contributed by atoms with E-state index < -0.39 is 0 Å². The Balaban J connectivity index is 1.63. The van der Waals surface area contributed by atoms with Crippen molar-refractivity contribution < 1.29 is 15.0 Å². The van der Waals surface area contributed by atoms with Gasteiger partial charge in [0, 0.05) is 24.3 Å². The van der Waals surface area contributed by atoms with E-state index in [1.807, 2.05) is 0 Å². The monoisotopic (exact) mass is 382 g/mol. The molecule has 3 rings (SSSR count). The lowest BCUT2D eigenvalue weighted by molar-refractivity contribution is -0.916. The summed E-state index contributed by atoms with van der Waals surface area (Å²) in [5, 5.41) is 2.48. The zero-order chi connectivity index (χ0) is 20.0. The molecule has 0 amide bonds. The van der Waals surface area contributed by atoms with E-state index in [9.17, 15) is 0 Å². The second-order valence-corrected chi connectivity index (χ2v) is 8.96. The lowest BCUT2D eigenvalue weighted by atomic mass is 9.63. The van der Waals surface area contributed by atoms with Gasteiger partial charge in [0.15, 0.2) is 0 Å². The molecule has 2 aromatic rings. The maximum Gasteiger partial charge on any atom is 0.118 e. The van der Waals surface area contributed by atoms with Gasteiger partial charge in [-0.05, 0) is 48.6 Å². The van der Waals surface area contributed by atoms with Crippen LogP contribution in [-0.4, -0.2) is 33.3 Å². The van der Waals surface area contributed by atoms with Crippen LogP contribution in [0.25, 0.3) is 0 Å². The van der Waals surface area contributed by atoms with Crippen molar-refractivity contribution in [1.82, 2.24) is 0 Å². The Labute approximate surface area is 171 Å². The van der Waals surface area contributed by atoms with Crippen LogP contribution in [0.3, 0.4) is 0 Å². The number of ether oxygens (including phenoxy) is 1. The minimum atomic E-state index is 0.413. The Bertz CT molecular complexity index is 715. The first kappa shape index (κ1) is 20.9. The highest BCUT2D eigenvalue weighted by atomic mass is 16.5. The summed E-state index contributed by atoms with van der Waals surface area (Å²) in [4.78, 5) is 1.69. The lowest BCUT2D eigenvalue weighted by Gasteiger charge is -2.47. The Kier molecular flexibility index (Phi) is 7.14. The van der Waals surface area contributed by atoms with Crippen molar-refractivity contribution in [3.8, 4) is 5.75 Å². The molecule has 1 heterocycles. The highest BCUT2D eigenvalue weighted by Gasteiger charge is 2.44. The summed E-state index contributed by atoms with van der Waals surface area (Å²) in [7, 11) is 4.09. The number of piperidine rings is 1. The topological polar surface area (TPSA) is 30.3 Å². The molecule has 1 aliphatic rings. The normalized spacial score (nSPS) is 27.5. The van der Waals surface area contributed by atoms with E-state index in [4.69, 9.17) is 4.74 Å². The zero-order valence-electron chi connectivity index (χ0n) is 18.1. The fourth-order valence-electron chi connectivity index (χ4n) is 4.99. The Morgan fingerprint density at radius 1 is 1.04 bits per heavy atom. The molecule has 28 heavy (non-hydrogen) atoms. The summed E-state index contributed by atoms with van der Waals surface area (Å²) in [6, 6.07) is 20.3. The van der Waals surface area contributed by atoms with Crippen molar-refractivity contribution in [2.45, 2.75) is 45.7 Å². The number of hydrogen-bond donors (Lipinski definition) is 2. The molecule has 0 aliphatic carbocycles. The Hall–Kier alpha value is -1.84. The molecule has 0 radical (unpaired) electrons. The average molecular weight is 383 g/mol. The van der Waals surface area contributed by atoms with Crippen LogP contribution >= 0.6 is 0 Å². The maximum absolute atomic E-state index is 5.26. The molecule has 0 aromatic heterocycles. The van der Waals surface area contributed by atoms with Gasteiger partial charge >= 0.3 is 0 Å². The minimum absolute atomic E-state index is 0.413. The van der Waals surface area contributed by atoms with Gasteiger partial charge in [0.2, 0.25) is 0 Å². The fourth-order valence-corrected chi connectivity index (χ4v) is 4.99. The number of nitrogens with two attached hydrogens (primary N) is 1. The lowest BCUT2D eigenvalue weighted by Crippen LogP contribution is -3.15. The van der Waals surface area contributed by atoms with E-state index in [1.54, 1.807) is 12.0 Å². The maximum atomic E-state index is 5.26. The van der Waals surface area contributed by atoms with Gasteiger partial charge in [0.1, 0.15) is 12.3 Å². The molecule has 3 nitrogen and oxygen atoms in total. The first-order chi connectivity index (χ1) is 13.5. The predicted octanol–water partition coefficient (Wildman–Crippen LogP) is 2.32. The highest BCUT2D eigenvalue weighted by Crippen LogP contribution is 2.40. The van der Waals surface area contributed by atoms with Gasteiger partial charge in [0.25, 0.3) is 0 Å². The van der Waals surface area contributed by atoms with E-state index in [0.29, 0.717) is 5.41 Å². The van der Waals surface area contributed by atoms with Crippen molar-refractivity contribution in [1.29, 1.82) is 0 Å². The first-order valence-electron chi connectivity index (χ1n) is 10.8. The van der Waals surface area contributed by atoms with Gasteiger partial charge in [-0.25, -0.2) is 0 Å². The van der Waals surface area contributed by atoms with Gasteiger partial charge < -0.3 is 15.0 Å². The molecule has 3 N–H and O–H groups in total. The number of hydrogen-bond acceptors (Lipinski definition) is 1. The Morgan fingerprint density at radius 3 is 2.43 bits per heavy atom. The second kappa shape index (κ2) is 9.58. The average Bonchev–Trinajstić information content (AvgIpc) is 2.71. The molecule has 4 unspecified atom stereocenters. The van der Waals surface area contributed by atoms with Gasteiger partial charge in [0.05, 0.1) is 33.3 Å². The predicted molar refractivity (Wildman–Crippen MR) is 116 cm³/mol. The molecule has 0 saturated carbocycles. The van der Waals surface area contributed by atoms with E-state index in [-0.39, 0.29) is 0 Å². The molecule has 0 spiro atoms. The third-order valence-corrected chi connectivity index (χ3v) is 7.01. The Morgan fingerprint density at radius 2 is 1.75 bits per heavy atom. The molecule has 4 atom stereocenters. The van der Waals surface area contributed by atoms with Gasteiger partial charge in [-0.2, -0.15) is 0 Å². The standard InChI is InChI=1S/C25H36N2O/c1-20-19-27(3)21(2)16-25(20,17-22-8-6-5-7-9-22)14-15-26-18-23-10-12-24(28-4)13-11-23/h5-13,20-21,26H,14-19H2,1-4H3/p+2. The van der Waals surface area contributed by atoms with Crippen molar-refractivity contribution in [3.05, 3.63) is 65.7 Å². The van der Waals surface area contributed by atoms with Crippen LogP contribution in [-0.2, 0) is 13.0 Å². The van der Waals surface area contributed by atoms with Crippen molar-refractivity contribution in [2.24, 2.45) is 11.3 Å². The summed E-state index contributed by atoms with van der Waals surface area (Å²) in [6.45, 7) is 8.44. The molecule has 1 aliphatic heterocycles. The minimum Gasteiger partial charge on any atom is -0.497 e. The first-order valence-corrected chi connectivity index (χ1v) is 10.8. The third-order valence-electron chi connectivity index (χ3n) is 7.01. The summed E-state index contributed by atoms with van der Waals surface area (Å²) in [6.07, 6.45) is 3.82. The molecule has 3 heteroatoms.